The third-order valence-electron chi connectivity index (χ3n) is 6.30. The van der Waals surface area contributed by atoms with Gasteiger partial charge in [-0.2, -0.15) is 0 Å². The molecular weight excluding hydrogens is 448 g/mol. The maximum atomic E-state index is 13.2. The second-order valence-corrected chi connectivity index (χ2v) is 8.82. The van der Waals surface area contributed by atoms with Crippen molar-refractivity contribution >= 4 is 17.4 Å². The maximum absolute atomic E-state index is 13.2. The van der Waals surface area contributed by atoms with Crippen molar-refractivity contribution in [1.29, 1.82) is 0 Å². The molecule has 8 heteroatoms. The van der Waals surface area contributed by atoms with E-state index in [0.29, 0.717) is 41.5 Å². The van der Waals surface area contributed by atoms with Gasteiger partial charge in [-0.05, 0) is 68.9 Å². The molecule has 2 heterocycles. The molecule has 1 saturated heterocycles. The number of Topliss-reactive ketones (excluding diaryl/α,β-unsaturated/α-hetero) is 1. The molecule has 0 bridgehead atoms. The third-order valence-corrected chi connectivity index (χ3v) is 6.30. The molecule has 1 amide bonds. The fourth-order valence-corrected chi connectivity index (χ4v) is 4.45. The van der Waals surface area contributed by atoms with Crippen molar-refractivity contribution in [3.05, 3.63) is 59.2 Å². The van der Waals surface area contributed by atoms with Crippen LogP contribution in [-0.2, 0) is 9.59 Å². The first kappa shape index (κ1) is 24.6. The fourth-order valence-electron chi connectivity index (χ4n) is 4.45. The number of ketones is 1. The zero-order valence-electron chi connectivity index (χ0n) is 20.6. The molecule has 8 nitrogen and oxygen atoms in total. The third kappa shape index (κ3) is 4.98. The summed E-state index contributed by atoms with van der Waals surface area (Å²) >= 11 is 0. The molecule has 2 aromatic rings. The zero-order valence-corrected chi connectivity index (χ0v) is 20.6. The highest BCUT2D eigenvalue weighted by atomic mass is 16.7. The van der Waals surface area contributed by atoms with Gasteiger partial charge in [-0.15, -0.1) is 0 Å². The molecule has 0 aromatic heterocycles. The smallest absolute Gasteiger partial charge is 0.295 e. The summed E-state index contributed by atoms with van der Waals surface area (Å²) in [6, 6.07) is 11.5. The minimum absolute atomic E-state index is 0.0107. The van der Waals surface area contributed by atoms with Crippen molar-refractivity contribution in [3.63, 3.8) is 0 Å². The van der Waals surface area contributed by atoms with E-state index in [1.807, 2.05) is 13.8 Å². The standard InChI is InChI=1S/C27H32N2O6/c1-5-28(6-2)13-14-29-24(19-9-12-21-22(15-19)34-16-33-21)23(26(31)27(29)32)25(30)18-7-10-20(11-8-18)35-17(3)4/h7-12,15,17,24,30H,5-6,13-14,16H2,1-4H3/t24-/m1/s1. The van der Waals surface area contributed by atoms with Crippen molar-refractivity contribution in [2.45, 2.75) is 39.8 Å². The van der Waals surface area contributed by atoms with Gasteiger partial charge in [-0.1, -0.05) is 19.9 Å². The summed E-state index contributed by atoms with van der Waals surface area (Å²) in [6.45, 7) is 10.7. The van der Waals surface area contributed by atoms with E-state index in [1.165, 1.54) is 0 Å². The van der Waals surface area contributed by atoms with Gasteiger partial charge in [0.25, 0.3) is 11.7 Å². The number of carbonyl (C=O) groups excluding carboxylic acids is 2. The average Bonchev–Trinajstić information content (AvgIpc) is 3.41. The molecule has 0 unspecified atom stereocenters. The van der Waals surface area contributed by atoms with Crippen LogP contribution in [0, 0.1) is 0 Å². The Balaban J connectivity index is 1.76. The summed E-state index contributed by atoms with van der Waals surface area (Å²) in [5, 5.41) is 11.3. The predicted octanol–water partition coefficient (Wildman–Crippen LogP) is 3.97. The van der Waals surface area contributed by atoms with E-state index >= 15 is 0 Å². The van der Waals surface area contributed by atoms with Gasteiger partial charge in [0.05, 0.1) is 17.7 Å². The number of carbonyl (C=O) groups is 2. The van der Waals surface area contributed by atoms with Crippen LogP contribution >= 0.6 is 0 Å². The number of hydrogen-bond donors (Lipinski definition) is 1. The monoisotopic (exact) mass is 480 g/mol. The summed E-state index contributed by atoms with van der Waals surface area (Å²) in [6.07, 6.45) is 0.0107. The van der Waals surface area contributed by atoms with E-state index in [-0.39, 0.29) is 24.2 Å². The van der Waals surface area contributed by atoms with E-state index in [0.717, 1.165) is 13.1 Å². The second-order valence-electron chi connectivity index (χ2n) is 8.82. The van der Waals surface area contributed by atoms with E-state index in [1.54, 1.807) is 47.4 Å². The Morgan fingerprint density at radius 1 is 1.09 bits per heavy atom. The number of fused-ring (bicyclic) bond motifs is 1. The lowest BCUT2D eigenvalue weighted by Gasteiger charge is -2.28. The molecule has 0 aliphatic carbocycles. The number of aliphatic hydroxyl groups is 1. The van der Waals surface area contributed by atoms with E-state index in [9.17, 15) is 14.7 Å². The number of likely N-dealkylation sites (N-methyl/N-ethyl adjacent to an activating group) is 1. The number of benzene rings is 2. The summed E-state index contributed by atoms with van der Waals surface area (Å²) in [5.41, 5.74) is 1.17. The van der Waals surface area contributed by atoms with Crippen LogP contribution in [0.2, 0.25) is 0 Å². The number of hydrogen-bond acceptors (Lipinski definition) is 7. The fraction of sp³-hybridized carbons (Fsp3) is 0.407. The lowest BCUT2D eigenvalue weighted by atomic mass is 9.95. The van der Waals surface area contributed by atoms with Crippen LogP contribution < -0.4 is 14.2 Å². The van der Waals surface area contributed by atoms with Gasteiger partial charge < -0.3 is 29.1 Å². The van der Waals surface area contributed by atoms with Gasteiger partial charge in [0.15, 0.2) is 11.5 Å². The van der Waals surface area contributed by atoms with Crippen LogP contribution in [0.5, 0.6) is 17.2 Å². The molecule has 2 aliphatic heterocycles. The summed E-state index contributed by atoms with van der Waals surface area (Å²) < 4.78 is 16.6. The number of amides is 1. The maximum Gasteiger partial charge on any atom is 0.295 e. The first-order valence-electron chi connectivity index (χ1n) is 12.0. The van der Waals surface area contributed by atoms with Gasteiger partial charge in [0.1, 0.15) is 11.5 Å². The molecular formula is C27H32N2O6. The number of likely N-dealkylation sites (tertiary alicyclic amines) is 1. The Morgan fingerprint density at radius 2 is 1.77 bits per heavy atom. The largest absolute Gasteiger partial charge is 0.507 e. The van der Waals surface area contributed by atoms with Crippen molar-refractivity contribution < 1.29 is 28.9 Å². The van der Waals surface area contributed by atoms with E-state index < -0.39 is 17.7 Å². The van der Waals surface area contributed by atoms with Crippen molar-refractivity contribution in [1.82, 2.24) is 9.80 Å². The highest BCUT2D eigenvalue weighted by Crippen LogP contribution is 2.43. The molecule has 2 aromatic carbocycles. The van der Waals surface area contributed by atoms with Crippen molar-refractivity contribution in [2.75, 3.05) is 33.0 Å². The zero-order chi connectivity index (χ0) is 25.1. The Bertz CT molecular complexity index is 1120. The summed E-state index contributed by atoms with van der Waals surface area (Å²) in [4.78, 5) is 30.1. The summed E-state index contributed by atoms with van der Waals surface area (Å²) in [7, 11) is 0. The first-order valence-corrected chi connectivity index (χ1v) is 12.0. The highest BCUT2D eigenvalue weighted by molar-refractivity contribution is 6.46. The van der Waals surface area contributed by atoms with Crippen molar-refractivity contribution in [3.8, 4) is 17.2 Å². The number of rotatable bonds is 9. The minimum atomic E-state index is -0.744. The molecule has 0 saturated carbocycles. The van der Waals surface area contributed by atoms with Crippen LogP contribution in [0.25, 0.3) is 5.76 Å². The van der Waals surface area contributed by atoms with Crippen LogP contribution in [-0.4, -0.2) is 65.7 Å². The first-order chi connectivity index (χ1) is 16.8. The van der Waals surface area contributed by atoms with Crippen LogP contribution in [0.1, 0.15) is 44.9 Å². The highest BCUT2D eigenvalue weighted by Gasteiger charge is 2.46. The molecule has 0 radical (unpaired) electrons. The average molecular weight is 481 g/mol. The van der Waals surface area contributed by atoms with Gasteiger partial charge in [-0.25, -0.2) is 0 Å². The summed E-state index contributed by atoms with van der Waals surface area (Å²) in [5.74, 6) is 0.269. The van der Waals surface area contributed by atoms with E-state index in [4.69, 9.17) is 14.2 Å². The number of aliphatic hydroxyl groups excluding tert-OH is 1. The predicted molar refractivity (Wildman–Crippen MR) is 132 cm³/mol. The Morgan fingerprint density at radius 3 is 2.43 bits per heavy atom. The van der Waals surface area contributed by atoms with Crippen LogP contribution in [0.3, 0.4) is 0 Å². The lowest BCUT2D eigenvalue weighted by Crippen LogP contribution is -2.38. The Labute approximate surface area is 205 Å². The molecule has 4 rings (SSSR count). The van der Waals surface area contributed by atoms with Crippen molar-refractivity contribution in [2.24, 2.45) is 0 Å². The SMILES string of the molecule is CCN(CC)CCN1C(=O)C(=O)C(=C(O)c2ccc(OC(C)C)cc2)[C@H]1c1ccc2c(c1)OCO2. The van der Waals surface area contributed by atoms with Gasteiger partial charge in [0.2, 0.25) is 6.79 Å². The van der Waals surface area contributed by atoms with Crippen LogP contribution in [0.4, 0.5) is 0 Å². The molecule has 1 N–H and O–H groups in total. The molecule has 35 heavy (non-hydrogen) atoms. The Hall–Kier alpha value is -3.52. The minimum Gasteiger partial charge on any atom is -0.507 e. The topological polar surface area (TPSA) is 88.5 Å². The van der Waals surface area contributed by atoms with Gasteiger partial charge in [0, 0.05) is 18.7 Å². The Kier molecular flexibility index (Phi) is 7.31. The van der Waals surface area contributed by atoms with Gasteiger partial charge in [-0.3, -0.25) is 9.59 Å². The number of ether oxygens (including phenoxy) is 3. The number of nitrogens with zero attached hydrogens (tertiary/aromatic N) is 2. The molecule has 2 aliphatic rings. The molecule has 186 valence electrons. The molecule has 1 atom stereocenters. The molecule has 0 spiro atoms. The van der Waals surface area contributed by atoms with Gasteiger partial charge >= 0.3 is 0 Å². The lowest BCUT2D eigenvalue weighted by molar-refractivity contribution is -0.140. The molecule has 1 fully saturated rings. The second kappa shape index (κ2) is 10.4. The van der Waals surface area contributed by atoms with Crippen LogP contribution in [0.15, 0.2) is 48.0 Å². The van der Waals surface area contributed by atoms with E-state index in [2.05, 4.69) is 18.7 Å². The normalized spacial score (nSPS) is 18.7. The quantitative estimate of drug-likeness (QED) is 0.330.